The molecule has 0 bridgehead atoms. The van der Waals surface area contributed by atoms with Crippen LogP contribution in [-0.4, -0.2) is 63.2 Å². The summed E-state index contributed by atoms with van der Waals surface area (Å²) in [6.07, 6.45) is 2.93. The van der Waals surface area contributed by atoms with Crippen molar-refractivity contribution in [2.75, 3.05) is 26.7 Å². The monoisotopic (exact) mass is 434 g/mol. The number of H-pyrrole nitrogens is 1. The molecule has 1 aliphatic heterocycles. The maximum absolute atomic E-state index is 14.3. The lowest BCUT2D eigenvalue weighted by molar-refractivity contribution is 0.0572. The van der Waals surface area contributed by atoms with E-state index < -0.39 is 11.4 Å². The first-order valence-electron chi connectivity index (χ1n) is 10.3. The Bertz CT molecular complexity index is 1270. The molecule has 0 saturated carbocycles. The summed E-state index contributed by atoms with van der Waals surface area (Å²) in [6.45, 7) is 5.73. The summed E-state index contributed by atoms with van der Waals surface area (Å²) in [5.74, 6) is -0.417. The number of nitrogens with zero attached hydrogens (tertiary/aromatic N) is 5. The van der Waals surface area contributed by atoms with E-state index in [2.05, 4.69) is 21.9 Å². The molecule has 1 atom stereocenters. The molecule has 3 aromatic rings. The van der Waals surface area contributed by atoms with Crippen molar-refractivity contribution in [2.45, 2.75) is 19.9 Å². The molecule has 2 aromatic heterocycles. The van der Waals surface area contributed by atoms with E-state index in [1.54, 1.807) is 24.3 Å². The topological polar surface area (TPSA) is 98.0 Å². The lowest BCUT2D eigenvalue weighted by atomic mass is 10.0. The number of benzene rings is 1. The minimum absolute atomic E-state index is 0.0706. The molecule has 0 radical (unpaired) electrons. The fourth-order valence-corrected chi connectivity index (χ4v) is 3.86. The van der Waals surface area contributed by atoms with Crippen LogP contribution in [0.4, 0.5) is 4.39 Å². The molecule has 3 heterocycles. The first-order valence-corrected chi connectivity index (χ1v) is 10.3. The van der Waals surface area contributed by atoms with E-state index in [9.17, 15) is 14.0 Å². The zero-order valence-electron chi connectivity index (χ0n) is 18.1. The van der Waals surface area contributed by atoms with Crippen molar-refractivity contribution in [1.82, 2.24) is 24.6 Å². The molecular formula is C23H23FN6O2. The number of amides is 1. The number of hydrogen-bond acceptors (Lipinski definition) is 5. The van der Waals surface area contributed by atoms with Gasteiger partial charge >= 0.3 is 0 Å². The Morgan fingerprint density at radius 2 is 2.03 bits per heavy atom. The van der Waals surface area contributed by atoms with Crippen LogP contribution in [0, 0.1) is 24.1 Å². The third-order valence-electron chi connectivity index (χ3n) is 6.04. The number of carbonyl (C=O) groups excluding carboxylic acids is 1. The van der Waals surface area contributed by atoms with E-state index in [1.807, 2.05) is 11.9 Å². The number of aromatic amines is 1. The molecule has 32 heavy (non-hydrogen) atoms. The number of pyridine rings is 1. The molecule has 4 rings (SSSR count). The van der Waals surface area contributed by atoms with Gasteiger partial charge in [-0.3, -0.25) is 14.7 Å². The molecule has 1 saturated heterocycles. The van der Waals surface area contributed by atoms with E-state index in [0.717, 1.165) is 6.54 Å². The lowest BCUT2D eigenvalue weighted by Crippen LogP contribution is -2.52. The molecule has 1 aromatic carbocycles. The lowest BCUT2D eigenvalue weighted by Gasteiger charge is -2.37. The van der Waals surface area contributed by atoms with Gasteiger partial charge in [0, 0.05) is 38.1 Å². The number of hydrogen-bond donors (Lipinski definition) is 1. The third-order valence-corrected chi connectivity index (χ3v) is 6.04. The molecule has 1 N–H and O–H groups in total. The molecule has 1 amide bonds. The van der Waals surface area contributed by atoms with Gasteiger partial charge in [-0.2, -0.15) is 5.26 Å². The molecule has 0 unspecified atom stereocenters. The highest BCUT2D eigenvalue weighted by Crippen LogP contribution is 2.25. The van der Waals surface area contributed by atoms with Gasteiger partial charge in [0.15, 0.2) is 5.82 Å². The molecule has 0 spiro atoms. The highest BCUT2D eigenvalue weighted by Gasteiger charge is 2.25. The second-order valence-electron chi connectivity index (χ2n) is 8.03. The zero-order valence-corrected chi connectivity index (χ0v) is 18.1. The van der Waals surface area contributed by atoms with Gasteiger partial charge in [-0.15, -0.1) is 0 Å². The number of carbonyl (C=O) groups is 1. The molecule has 9 heteroatoms. The van der Waals surface area contributed by atoms with Crippen molar-refractivity contribution in [3.05, 3.63) is 69.5 Å². The largest absolute Gasteiger partial charge is 0.336 e. The standard InChI is InChI=1S/C23H23FN6O2/c1-14-13-29(9-8-28(14)3)22(31)17-5-7-20(26-11-17)30-23(32)19(12-27-30)18-6-4-16(10-25)21(24)15(18)2/h4-7,11-12,14,27H,8-9,13H2,1-3H3/t14-/m0/s1. The second kappa shape index (κ2) is 8.40. The number of piperazine rings is 1. The molecule has 8 nitrogen and oxygen atoms in total. The summed E-state index contributed by atoms with van der Waals surface area (Å²) in [5, 5.41) is 11.8. The summed E-state index contributed by atoms with van der Waals surface area (Å²) in [6, 6.07) is 8.23. The van der Waals surface area contributed by atoms with Crippen molar-refractivity contribution in [2.24, 2.45) is 0 Å². The first-order chi connectivity index (χ1) is 15.3. The minimum atomic E-state index is -0.642. The molecular weight excluding hydrogens is 411 g/mol. The molecule has 1 fully saturated rings. The maximum Gasteiger partial charge on any atom is 0.280 e. The van der Waals surface area contributed by atoms with Crippen LogP contribution in [0.25, 0.3) is 16.9 Å². The Morgan fingerprint density at radius 1 is 1.25 bits per heavy atom. The Kier molecular flexibility index (Phi) is 5.63. The minimum Gasteiger partial charge on any atom is -0.336 e. The average Bonchev–Trinajstić information content (AvgIpc) is 3.18. The van der Waals surface area contributed by atoms with Crippen LogP contribution >= 0.6 is 0 Å². The predicted molar refractivity (Wildman–Crippen MR) is 117 cm³/mol. The van der Waals surface area contributed by atoms with Gasteiger partial charge in [-0.05, 0) is 50.2 Å². The Balaban J connectivity index is 1.59. The number of rotatable bonds is 3. The Morgan fingerprint density at radius 3 is 2.69 bits per heavy atom. The molecule has 0 aliphatic carbocycles. The van der Waals surface area contributed by atoms with Crippen LogP contribution in [0.15, 0.2) is 41.5 Å². The summed E-state index contributed by atoms with van der Waals surface area (Å²) in [4.78, 5) is 34.1. The van der Waals surface area contributed by atoms with E-state index in [1.165, 1.54) is 30.1 Å². The summed E-state index contributed by atoms with van der Waals surface area (Å²) >= 11 is 0. The SMILES string of the molecule is Cc1c(-c2c[nH]n(-c3ccc(C(=O)N4CCN(C)[C@@H](C)C4)cn3)c2=O)ccc(C#N)c1F. The van der Waals surface area contributed by atoms with Crippen molar-refractivity contribution in [1.29, 1.82) is 5.26 Å². The normalized spacial score (nSPS) is 16.7. The van der Waals surface area contributed by atoms with Crippen molar-refractivity contribution < 1.29 is 9.18 Å². The number of nitriles is 1. The van der Waals surface area contributed by atoms with Crippen LogP contribution in [-0.2, 0) is 0 Å². The Hall–Kier alpha value is -3.77. The summed E-state index contributed by atoms with van der Waals surface area (Å²) in [5.41, 5.74) is 0.866. The van der Waals surface area contributed by atoms with Gasteiger partial charge in [0.2, 0.25) is 0 Å². The van der Waals surface area contributed by atoms with Crippen LogP contribution < -0.4 is 5.56 Å². The van der Waals surface area contributed by atoms with Crippen LogP contribution in [0.5, 0.6) is 0 Å². The fourth-order valence-electron chi connectivity index (χ4n) is 3.86. The van der Waals surface area contributed by atoms with Gasteiger partial charge < -0.3 is 9.80 Å². The number of likely N-dealkylation sites (N-methyl/N-ethyl adjacent to an activating group) is 1. The fraction of sp³-hybridized carbons (Fsp3) is 0.304. The van der Waals surface area contributed by atoms with Crippen LogP contribution in [0.1, 0.15) is 28.4 Å². The van der Waals surface area contributed by atoms with Gasteiger partial charge in [-0.25, -0.2) is 14.1 Å². The smallest absolute Gasteiger partial charge is 0.280 e. The maximum atomic E-state index is 14.3. The Labute approximate surface area is 184 Å². The second-order valence-corrected chi connectivity index (χ2v) is 8.03. The van der Waals surface area contributed by atoms with Crippen LogP contribution in [0.2, 0.25) is 0 Å². The number of halogens is 1. The van der Waals surface area contributed by atoms with Gasteiger partial charge in [0.1, 0.15) is 11.9 Å². The van der Waals surface area contributed by atoms with Gasteiger partial charge in [0.05, 0.1) is 16.7 Å². The molecule has 1 aliphatic rings. The van der Waals surface area contributed by atoms with Gasteiger partial charge in [0.25, 0.3) is 11.5 Å². The predicted octanol–water partition coefficient (Wildman–Crippen LogP) is 2.32. The highest BCUT2D eigenvalue weighted by molar-refractivity contribution is 5.94. The summed E-state index contributed by atoms with van der Waals surface area (Å²) in [7, 11) is 2.04. The number of aromatic nitrogens is 3. The van der Waals surface area contributed by atoms with Crippen LogP contribution in [0.3, 0.4) is 0 Å². The molecule has 164 valence electrons. The van der Waals surface area contributed by atoms with Crippen molar-refractivity contribution in [3.63, 3.8) is 0 Å². The zero-order chi connectivity index (χ0) is 23.0. The van der Waals surface area contributed by atoms with Crippen molar-refractivity contribution >= 4 is 5.91 Å². The van der Waals surface area contributed by atoms with Gasteiger partial charge in [-0.1, -0.05) is 6.07 Å². The van der Waals surface area contributed by atoms with E-state index in [4.69, 9.17) is 5.26 Å². The number of nitrogens with one attached hydrogen (secondary N) is 1. The van der Waals surface area contributed by atoms with Crippen molar-refractivity contribution in [3.8, 4) is 23.0 Å². The third kappa shape index (κ3) is 3.69. The quantitative estimate of drug-likeness (QED) is 0.682. The van der Waals surface area contributed by atoms with E-state index in [0.29, 0.717) is 30.0 Å². The first kappa shape index (κ1) is 21.5. The highest BCUT2D eigenvalue weighted by atomic mass is 19.1. The summed E-state index contributed by atoms with van der Waals surface area (Å²) < 4.78 is 15.6. The van der Waals surface area contributed by atoms with E-state index >= 15 is 0 Å². The van der Waals surface area contributed by atoms with E-state index in [-0.39, 0.29) is 28.6 Å². The average molecular weight is 434 g/mol.